The number of rotatable bonds is 7. The van der Waals surface area contributed by atoms with Crippen molar-refractivity contribution in [3.8, 4) is 0 Å². The first-order valence-electron chi connectivity index (χ1n) is 6.74. The number of nitrogens with zero attached hydrogens (tertiary/aromatic N) is 3. The van der Waals surface area contributed by atoms with E-state index in [0.717, 1.165) is 5.56 Å². The van der Waals surface area contributed by atoms with Gasteiger partial charge in [-0.05, 0) is 16.9 Å². The lowest BCUT2D eigenvalue weighted by atomic mass is 10.1. The fraction of sp³-hybridized carbons (Fsp3) is 0.357. The Balaban J connectivity index is 2.05. The average molecular weight is 338 g/mol. The van der Waals surface area contributed by atoms with E-state index in [2.05, 4.69) is 24.0 Å². The molecule has 22 heavy (non-hydrogen) atoms. The van der Waals surface area contributed by atoms with Crippen molar-refractivity contribution in [1.29, 1.82) is 0 Å². The molecule has 0 atom stereocenters. The zero-order valence-electron chi connectivity index (χ0n) is 12.4. The molecule has 0 bridgehead atoms. The number of hydrogen-bond donors (Lipinski definition) is 2. The van der Waals surface area contributed by atoms with Crippen LogP contribution >= 0.6 is 23.5 Å². The Morgan fingerprint density at radius 2 is 2.05 bits per heavy atom. The molecule has 0 aliphatic rings. The maximum atomic E-state index is 11.2. The Hall–Kier alpha value is -1.67. The molecule has 0 fully saturated rings. The van der Waals surface area contributed by atoms with Crippen molar-refractivity contribution >= 4 is 29.5 Å². The van der Waals surface area contributed by atoms with Crippen LogP contribution in [0.5, 0.6) is 0 Å². The van der Waals surface area contributed by atoms with Crippen LogP contribution in [0, 0.1) is 0 Å². The highest BCUT2D eigenvalue weighted by molar-refractivity contribution is 7.99. The normalized spacial score (nSPS) is 11.0. The van der Waals surface area contributed by atoms with E-state index in [0.29, 0.717) is 33.3 Å². The van der Waals surface area contributed by atoms with Gasteiger partial charge in [0.1, 0.15) is 0 Å². The molecule has 1 aromatic carbocycles. The maximum Gasteiger partial charge on any atom is 0.335 e. The topological polar surface area (TPSA) is 94.0 Å². The number of carbonyl (C=O) groups is 1. The molecule has 0 amide bonds. The summed E-state index contributed by atoms with van der Waals surface area (Å²) in [4.78, 5) is 11.2. The van der Waals surface area contributed by atoms with Gasteiger partial charge in [0, 0.05) is 5.75 Å². The highest BCUT2D eigenvalue weighted by atomic mass is 32.2. The second kappa shape index (κ2) is 7.55. The summed E-state index contributed by atoms with van der Waals surface area (Å²) >= 11 is 3.12. The highest BCUT2D eigenvalue weighted by Crippen LogP contribution is 2.24. The van der Waals surface area contributed by atoms with Crippen LogP contribution in [0.4, 0.5) is 0 Å². The Morgan fingerprint density at radius 3 is 2.73 bits per heavy atom. The lowest BCUT2D eigenvalue weighted by molar-refractivity contribution is 0.0696. The number of aromatic carboxylic acids is 1. The minimum Gasteiger partial charge on any atom is -0.478 e. The summed E-state index contributed by atoms with van der Waals surface area (Å²) in [5, 5.41) is 18.4. The van der Waals surface area contributed by atoms with E-state index in [1.807, 2.05) is 6.07 Å². The summed E-state index contributed by atoms with van der Waals surface area (Å²) in [6.07, 6.45) is 0. The van der Waals surface area contributed by atoms with Crippen molar-refractivity contribution in [1.82, 2.24) is 14.9 Å². The Labute approximate surface area is 137 Å². The van der Waals surface area contributed by atoms with E-state index >= 15 is 0 Å². The fourth-order valence-corrected chi connectivity index (χ4v) is 3.30. The number of nitrogen functional groups attached to an aromatic ring is 1. The van der Waals surface area contributed by atoms with Crippen molar-refractivity contribution in [2.45, 2.75) is 35.8 Å². The second-order valence-electron chi connectivity index (χ2n) is 4.88. The van der Waals surface area contributed by atoms with Gasteiger partial charge in [0.25, 0.3) is 0 Å². The Morgan fingerprint density at radius 1 is 1.32 bits per heavy atom. The van der Waals surface area contributed by atoms with Gasteiger partial charge in [-0.2, -0.15) is 11.8 Å². The van der Waals surface area contributed by atoms with E-state index < -0.39 is 5.97 Å². The molecule has 0 aliphatic heterocycles. The molecule has 1 heterocycles. The van der Waals surface area contributed by atoms with E-state index in [1.165, 1.54) is 16.4 Å². The summed E-state index contributed by atoms with van der Waals surface area (Å²) in [7, 11) is 0. The SMILES string of the molecule is CC(C)SCc1nnc(SCc2ccccc2C(=O)O)n1N. The van der Waals surface area contributed by atoms with Gasteiger partial charge in [-0.15, -0.1) is 10.2 Å². The zero-order chi connectivity index (χ0) is 16.1. The van der Waals surface area contributed by atoms with Gasteiger partial charge in [-0.3, -0.25) is 0 Å². The van der Waals surface area contributed by atoms with Crippen molar-refractivity contribution in [2.24, 2.45) is 0 Å². The van der Waals surface area contributed by atoms with Crippen molar-refractivity contribution in [3.05, 3.63) is 41.2 Å². The lowest BCUT2D eigenvalue weighted by Crippen LogP contribution is -2.14. The number of carboxylic acid groups (broad SMARTS) is 1. The standard InChI is InChI=1S/C14H18N4O2S2/c1-9(2)21-8-12-16-17-14(18(12)15)22-7-10-5-3-4-6-11(10)13(19)20/h3-6,9H,7-8,15H2,1-2H3,(H,19,20). The van der Waals surface area contributed by atoms with Crippen molar-refractivity contribution < 1.29 is 9.90 Å². The first-order valence-corrected chi connectivity index (χ1v) is 8.77. The van der Waals surface area contributed by atoms with Gasteiger partial charge in [0.2, 0.25) is 5.16 Å². The van der Waals surface area contributed by atoms with Crippen LogP contribution in [0.1, 0.15) is 35.6 Å². The van der Waals surface area contributed by atoms with Crippen LogP contribution in [0.15, 0.2) is 29.4 Å². The summed E-state index contributed by atoms with van der Waals surface area (Å²) in [5.41, 5.74) is 1.04. The average Bonchev–Trinajstić information content (AvgIpc) is 2.83. The number of thioether (sulfide) groups is 2. The van der Waals surface area contributed by atoms with E-state index in [9.17, 15) is 9.90 Å². The van der Waals surface area contributed by atoms with Crippen molar-refractivity contribution in [3.63, 3.8) is 0 Å². The van der Waals surface area contributed by atoms with Gasteiger partial charge in [0.05, 0.1) is 11.3 Å². The molecule has 0 spiro atoms. The molecule has 6 nitrogen and oxygen atoms in total. The Kier molecular flexibility index (Phi) is 5.73. The molecular formula is C14H18N4O2S2. The zero-order valence-corrected chi connectivity index (χ0v) is 14.0. The number of aromatic nitrogens is 3. The van der Waals surface area contributed by atoms with Gasteiger partial charge in [-0.25, -0.2) is 9.47 Å². The van der Waals surface area contributed by atoms with Gasteiger partial charge in [-0.1, -0.05) is 43.8 Å². The van der Waals surface area contributed by atoms with E-state index in [-0.39, 0.29) is 0 Å². The predicted octanol–water partition coefficient (Wildman–Crippen LogP) is 2.62. The first kappa shape index (κ1) is 16.7. The second-order valence-corrected chi connectivity index (χ2v) is 7.39. The molecule has 0 saturated heterocycles. The number of benzene rings is 1. The molecule has 0 radical (unpaired) electrons. The van der Waals surface area contributed by atoms with Crippen LogP contribution in [0.2, 0.25) is 0 Å². The molecule has 2 rings (SSSR count). The quantitative estimate of drug-likeness (QED) is 0.592. The summed E-state index contributed by atoms with van der Waals surface area (Å²) in [6.45, 7) is 4.22. The maximum absolute atomic E-state index is 11.2. The predicted molar refractivity (Wildman–Crippen MR) is 89.6 cm³/mol. The molecule has 0 saturated carbocycles. The molecule has 0 aliphatic carbocycles. The monoisotopic (exact) mass is 338 g/mol. The lowest BCUT2D eigenvalue weighted by Gasteiger charge is -2.06. The summed E-state index contributed by atoms with van der Waals surface area (Å²) in [6, 6.07) is 6.92. The third-order valence-corrected chi connectivity index (χ3v) is 4.97. The highest BCUT2D eigenvalue weighted by Gasteiger charge is 2.13. The van der Waals surface area contributed by atoms with Crippen LogP contribution in [-0.4, -0.2) is 31.2 Å². The summed E-state index contributed by atoms with van der Waals surface area (Å²) < 4.78 is 1.48. The van der Waals surface area contributed by atoms with Crippen LogP contribution < -0.4 is 5.84 Å². The number of carboxylic acids is 1. The van der Waals surface area contributed by atoms with Crippen molar-refractivity contribution in [2.75, 3.05) is 5.84 Å². The third-order valence-electron chi connectivity index (χ3n) is 2.89. The molecule has 8 heteroatoms. The fourth-order valence-electron chi connectivity index (χ4n) is 1.74. The molecule has 3 N–H and O–H groups in total. The molecule has 2 aromatic rings. The van der Waals surface area contributed by atoms with E-state index in [1.54, 1.807) is 30.0 Å². The van der Waals surface area contributed by atoms with Crippen LogP contribution in [0.25, 0.3) is 0 Å². The number of nitrogens with two attached hydrogens (primary N) is 1. The first-order chi connectivity index (χ1) is 10.5. The van der Waals surface area contributed by atoms with Crippen LogP contribution in [-0.2, 0) is 11.5 Å². The number of hydrogen-bond acceptors (Lipinski definition) is 6. The van der Waals surface area contributed by atoms with Crippen LogP contribution in [0.3, 0.4) is 0 Å². The molecular weight excluding hydrogens is 320 g/mol. The van der Waals surface area contributed by atoms with Gasteiger partial charge in [0.15, 0.2) is 5.82 Å². The molecule has 118 valence electrons. The largest absolute Gasteiger partial charge is 0.478 e. The van der Waals surface area contributed by atoms with Gasteiger partial charge < -0.3 is 10.9 Å². The molecule has 0 unspecified atom stereocenters. The third kappa shape index (κ3) is 4.17. The smallest absolute Gasteiger partial charge is 0.335 e. The Bertz CT molecular complexity index is 658. The minimum absolute atomic E-state index is 0.300. The summed E-state index contributed by atoms with van der Waals surface area (Å²) in [5.74, 6) is 6.96. The molecule has 1 aromatic heterocycles. The van der Waals surface area contributed by atoms with E-state index in [4.69, 9.17) is 5.84 Å². The minimum atomic E-state index is -0.931. The van der Waals surface area contributed by atoms with Gasteiger partial charge >= 0.3 is 5.97 Å².